The molecule has 0 atom stereocenters. The van der Waals surface area contributed by atoms with Gasteiger partial charge in [0, 0.05) is 22.6 Å². The van der Waals surface area contributed by atoms with Crippen LogP contribution in [-0.2, 0) is 11.5 Å². The molecule has 5 nitrogen and oxygen atoms in total. The molecule has 0 fully saturated rings. The number of fused-ring (bicyclic) bond motifs is 2. The van der Waals surface area contributed by atoms with Crippen LogP contribution in [0, 0.1) is 0 Å². The van der Waals surface area contributed by atoms with Crippen molar-refractivity contribution in [3.05, 3.63) is 38.2 Å². The molecular formula is C13H9BrN2O3S. The fourth-order valence-corrected chi connectivity index (χ4v) is 3.90. The lowest BCUT2D eigenvalue weighted by atomic mass is 10.1. The molecule has 102 valence electrons. The van der Waals surface area contributed by atoms with Gasteiger partial charge in [-0.25, -0.2) is 4.98 Å². The van der Waals surface area contributed by atoms with Gasteiger partial charge in [0.25, 0.3) is 5.56 Å². The number of aromatic nitrogens is 2. The molecule has 2 aliphatic rings. The van der Waals surface area contributed by atoms with Crippen LogP contribution in [0.4, 0.5) is 0 Å². The van der Waals surface area contributed by atoms with E-state index in [0.29, 0.717) is 17.3 Å². The minimum atomic E-state index is -0.0520. The van der Waals surface area contributed by atoms with Gasteiger partial charge in [0.1, 0.15) is 5.82 Å². The van der Waals surface area contributed by atoms with Crippen molar-refractivity contribution in [3.63, 3.8) is 0 Å². The molecule has 4 rings (SSSR count). The number of halogens is 1. The summed E-state index contributed by atoms with van der Waals surface area (Å²) in [7, 11) is 0. The molecule has 0 amide bonds. The van der Waals surface area contributed by atoms with E-state index in [2.05, 4.69) is 25.9 Å². The smallest absolute Gasteiger partial charge is 0.255 e. The Kier molecular flexibility index (Phi) is 2.78. The van der Waals surface area contributed by atoms with E-state index in [1.807, 2.05) is 12.1 Å². The first-order valence-corrected chi connectivity index (χ1v) is 7.96. The van der Waals surface area contributed by atoms with Gasteiger partial charge in [0.05, 0.1) is 10.2 Å². The van der Waals surface area contributed by atoms with Crippen molar-refractivity contribution in [2.75, 3.05) is 6.79 Å². The molecule has 1 aromatic carbocycles. The summed E-state index contributed by atoms with van der Waals surface area (Å²) in [5.74, 6) is 3.44. The lowest BCUT2D eigenvalue weighted by molar-refractivity contribution is 0.173. The SMILES string of the molecule is O=c1[nH]c(-c2cc(Br)c3c(c2)OCO3)nc2c1CSC2. The Morgan fingerprint density at radius 1 is 1.30 bits per heavy atom. The molecular weight excluding hydrogens is 344 g/mol. The number of nitrogens with zero attached hydrogens (tertiary/aromatic N) is 1. The highest BCUT2D eigenvalue weighted by molar-refractivity contribution is 9.10. The van der Waals surface area contributed by atoms with Crippen LogP contribution in [0.5, 0.6) is 11.5 Å². The lowest BCUT2D eigenvalue weighted by Crippen LogP contribution is -2.15. The minimum Gasteiger partial charge on any atom is -0.454 e. The van der Waals surface area contributed by atoms with Gasteiger partial charge in [-0.2, -0.15) is 11.8 Å². The highest BCUT2D eigenvalue weighted by atomic mass is 79.9. The molecule has 2 aromatic rings. The number of aromatic amines is 1. The number of benzene rings is 1. The predicted octanol–water partition coefficient (Wildman–Crippen LogP) is 2.67. The minimum absolute atomic E-state index is 0.0520. The van der Waals surface area contributed by atoms with Gasteiger partial charge < -0.3 is 14.5 Å². The fraction of sp³-hybridized carbons (Fsp3) is 0.231. The zero-order valence-electron chi connectivity index (χ0n) is 10.2. The largest absolute Gasteiger partial charge is 0.454 e. The predicted molar refractivity (Wildman–Crippen MR) is 79.1 cm³/mol. The zero-order valence-corrected chi connectivity index (χ0v) is 12.6. The van der Waals surface area contributed by atoms with E-state index < -0.39 is 0 Å². The monoisotopic (exact) mass is 352 g/mol. The van der Waals surface area contributed by atoms with E-state index in [1.54, 1.807) is 11.8 Å². The Bertz CT molecular complexity index is 775. The van der Waals surface area contributed by atoms with Crippen LogP contribution in [0.2, 0.25) is 0 Å². The average Bonchev–Trinajstić information content (AvgIpc) is 3.06. The molecule has 0 saturated heterocycles. The highest BCUT2D eigenvalue weighted by Gasteiger charge is 2.21. The lowest BCUT2D eigenvalue weighted by Gasteiger charge is -2.06. The third-order valence-corrected chi connectivity index (χ3v) is 4.85. The Morgan fingerprint density at radius 3 is 3.10 bits per heavy atom. The number of thioether (sulfide) groups is 1. The Morgan fingerprint density at radius 2 is 2.20 bits per heavy atom. The van der Waals surface area contributed by atoms with E-state index in [4.69, 9.17) is 9.47 Å². The Hall–Kier alpha value is -1.47. The molecule has 20 heavy (non-hydrogen) atoms. The molecule has 2 aliphatic heterocycles. The molecule has 0 unspecified atom stereocenters. The van der Waals surface area contributed by atoms with Crippen LogP contribution in [-0.4, -0.2) is 16.8 Å². The molecule has 0 saturated carbocycles. The average molecular weight is 353 g/mol. The fourth-order valence-electron chi connectivity index (χ4n) is 2.30. The van der Waals surface area contributed by atoms with E-state index in [-0.39, 0.29) is 12.4 Å². The summed E-state index contributed by atoms with van der Waals surface area (Å²) in [5, 5.41) is 0. The number of hydrogen-bond acceptors (Lipinski definition) is 5. The van der Waals surface area contributed by atoms with Crippen molar-refractivity contribution in [1.82, 2.24) is 9.97 Å². The summed E-state index contributed by atoms with van der Waals surface area (Å²) < 4.78 is 11.5. The van der Waals surface area contributed by atoms with E-state index >= 15 is 0 Å². The van der Waals surface area contributed by atoms with Gasteiger partial charge in [-0.3, -0.25) is 4.79 Å². The summed E-state index contributed by atoms with van der Waals surface area (Å²) in [6.07, 6.45) is 0. The first-order chi connectivity index (χ1) is 9.72. The van der Waals surface area contributed by atoms with Crippen LogP contribution >= 0.6 is 27.7 Å². The van der Waals surface area contributed by atoms with Gasteiger partial charge in [-0.15, -0.1) is 0 Å². The molecule has 0 aliphatic carbocycles. The Balaban J connectivity index is 1.88. The molecule has 0 spiro atoms. The second-order valence-corrected chi connectivity index (χ2v) is 6.36. The van der Waals surface area contributed by atoms with Crippen molar-refractivity contribution in [2.24, 2.45) is 0 Å². The summed E-state index contributed by atoms with van der Waals surface area (Å²) in [5.41, 5.74) is 2.42. The van der Waals surface area contributed by atoms with Gasteiger partial charge in [0.2, 0.25) is 6.79 Å². The summed E-state index contributed by atoms with van der Waals surface area (Å²) in [6.45, 7) is 0.210. The zero-order chi connectivity index (χ0) is 13.7. The van der Waals surface area contributed by atoms with E-state index in [9.17, 15) is 4.79 Å². The molecule has 1 aromatic heterocycles. The summed E-state index contributed by atoms with van der Waals surface area (Å²) >= 11 is 5.16. The standard InChI is InChI=1S/C13H9BrN2O3S/c14-8-1-6(2-10-11(8)19-5-18-10)12-15-9-4-20-3-7(9)13(17)16-12/h1-2H,3-5H2,(H,15,16,17). The quantitative estimate of drug-likeness (QED) is 0.854. The van der Waals surface area contributed by atoms with Crippen LogP contribution in [0.1, 0.15) is 11.3 Å². The summed E-state index contributed by atoms with van der Waals surface area (Å²) in [6, 6.07) is 3.71. The third kappa shape index (κ3) is 1.84. The molecule has 7 heteroatoms. The second kappa shape index (κ2) is 4.53. The van der Waals surface area contributed by atoms with Crippen molar-refractivity contribution in [3.8, 4) is 22.9 Å². The number of nitrogens with one attached hydrogen (secondary N) is 1. The summed E-state index contributed by atoms with van der Waals surface area (Å²) in [4.78, 5) is 19.4. The van der Waals surface area contributed by atoms with Gasteiger partial charge in [-0.05, 0) is 28.1 Å². The Labute approximate surface area is 126 Å². The first kappa shape index (κ1) is 12.3. The first-order valence-electron chi connectivity index (χ1n) is 6.02. The third-order valence-electron chi connectivity index (χ3n) is 3.29. The maximum Gasteiger partial charge on any atom is 0.255 e. The number of H-pyrrole nitrogens is 1. The second-order valence-electron chi connectivity index (χ2n) is 4.52. The van der Waals surface area contributed by atoms with Crippen LogP contribution in [0.3, 0.4) is 0 Å². The molecule has 0 radical (unpaired) electrons. The van der Waals surface area contributed by atoms with Crippen LogP contribution in [0.15, 0.2) is 21.4 Å². The van der Waals surface area contributed by atoms with Crippen molar-refractivity contribution in [1.29, 1.82) is 0 Å². The molecule has 3 heterocycles. The molecule has 1 N–H and O–H groups in total. The van der Waals surface area contributed by atoms with Gasteiger partial charge >= 0.3 is 0 Å². The van der Waals surface area contributed by atoms with Crippen LogP contribution < -0.4 is 15.0 Å². The normalized spacial score (nSPS) is 15.4. The van der Waals surface area contributed by atoms with Gasteiger partial charge in [0.15, 0.2) is 11.5 Å². The topological polar surface area (TPSA) is 64.2 Å². The van der Waals surface area contributed by atoms with Gasteiger partial charge in [-0.1, -0.05) is 0 Å². The number of ether oxygens (including phenoxy) is 2. The van der Waals surface area contributed by atoms with E-state index in [1.165, 1.54) is 0 Å². The maximum absolute atomic E-state index is 12.0. The van der Waals surface area contributed by atoms with Crippen LogP contribution in [0.25, 0.3) is 11.4 Å². The number of rotatable bonds is 1. The van der Waals surface area contributed by atoms with E-state index in [0.717, 1.165) is 32.8 Å². The number of hydrogen-bond donors (Lipinski definition) is 1. The van der Waals surface area contributed by atoms with Crippen molar-refractivity contribution in [2.45, 2.75) is 11.5 Å². The van der Waals surface area contributed by atoms with Crippen molar-refractivity contribution >= 4 is 27.7 Å². The highest BCUT2D eigenvalue weighted by Crippen LogP contribution is 2.42. The van der Waals surface area contributed by atoms with Crippen molar-refractivity contribution < 1.29 is 9.47 Å². The molecule has 0 bridgehead atoms. The maximum atomic E-state index is 12.0.